The Morgan fingerprint density at radius 1 is 1.09 bits per heavy atom. The Hall–Kier alpha value is -3.22. The predicted molar refractivity (Wildman–Crippen MR) is 130 cm³/mol. The average Bonchev–Trinajstić information content (AvgIpc) is 3.60. The first-order valence-electron chi connectivity index (χ1n) is 11.4. The van der Waals surface area contributed by atoms with Crippen LogP contribution in [0.2, 0.25) is 0 Å². The van der Waals surface area contributed by atoms with Crippen LogP contribution in [-0.2, 0) is 13.1 Å². The minimum Gasteiger partial charge on any atom is -0.493 e. The molecule has 4 N–H and O–H groups in total. The van der Waals surface area contributed by atoms with Crippen molar-refractivity contribution in [3.8, 4) is 5.75 Å². The van der Waals surface area contributed by atoms with Gasteiger partial charge in [0.25, 0.3) is 0 Å². The highest BCUT2D eigenvalue weighted by molar-refractivity contribution is 5.89. The van der Waals surface area contributed by atoms with Gasteiger partial charge in [0.15, 0.2) is 5.96 Å². The summed E-state index contributed by atoms with van der Waals surface area (Å²) in [4.78, 5) is 16.5. The number of hydrogen-bond acceptors (Lipinski definition) is 3. The second-order valence-electron chi connectivity index (χ2n) is 8.36. The van der Waals surface area contributed by atoms with E-state index in [0.717, 1.165) is 47.6 Å². The molecule has 0 unspecified atom stereocenters. The van der Waals surface area contributed by atoms with E-state index < -0.39 is 0 Å². The van der Waals surface area contributed by atoms with E-state index in [9.17, 15) is 4.79 Å². The number of nitrogens with one attached hydrogen (secondary N) is 4. The quantitative estimate of drug-likeness (QED) is 0.330. The molecule has 7 nitrogen and oxygen atoms in total. The van der Waals surface area contributed by atoms with Gasteiger partial charge in [0.1, 0.15) is 5.75 Å². The molecule has 1 saturated carbocycles. The minimum atomic E-state index is -0.203. The van der Waals surface area contributed by atoms with Gasteiger partial charge in [-0.25, -0.2) is 9.79 Å². The van der Waals surface area contributed by atoms with Crippen molar-refractivity contribution >= 4 is 17.7 Å². The van der Waals surface area contributed by atoms with Crippen molar-refractivity contribution in [2.24, 2.45) is 10.9 Å². The van der Waals surface area contributed by atoms with Crippen molar-refractivity contribution in [3.63, 3.8) is 0 Å². The third kappa shape index (κ3) is 8.13. The zero-order chi connectivity index (χ0) is 22.8. The van der Waals surface area contributed by atoms with Crippen LogP contribution in [0.25, 0.3) is 0 Å². The van der Waals surface area contributed by atoms with Crippen LogP contribution in [0.3, 0.4) is 0 Å². The molecule has 0 heterocycles. The molecular formula is C25H35N5O2. The fraction of sp³-hybridized carbons (Fsp3) is 0.440. The molecule has 0 bridgehead atoms. The van der Waals surface area contributed by atoms with E-state index in [1.807, 2.05) is 63.2 Å². The Morgan fingerprint density at radius 3 is 2.53 bits per heavy atom. The van der Waals surface area contributed by atoms with Gasteiger partial charge in [-0.15, -0.1) is 0 Å². The molecule has 3 rings (SSSR count). The van der Waals surface area contributed by atoms with Gasteiger partial charge in [-0.05, 0) is 63.3 Å². The van der Waals surface area contributed by atoms with Crippen molar-refractivity contribution < 1.29 is 9.53 Å². The van der Waals surface area contributed by atoms with Crippen molar-refractivity contribution in [2.75, 3.05) is 18.5 Å². The number of amides is 2. The smallest absolute Gasteiger partial charge is 0.319 e. The molecule has 32 heavy (non-hydrogen) atoms. The van der Waals surface area contributed by atoms with Gasteiger partial charge in [-0.2, -0.15) is 0 Å². The van der Waals surface area contributed by atoms with Crippen LogP contribution in [0.5, 0.6) is 5.75 Å². The average molecular weight is 438 g/mol. The van der Waals surface area contributed by atoms with Crippen LogP contribution >= 0.6 is 0 Å². The van der Waals surface area contributed by atoms with E-state index in [1.165, 1.54) is 12.8 Å². The molecule has 2 aromatic rings. The van der Waals surface area contributed by atoms with Gasteiger partial charge < -0.3 is 26.0 Å². The highest BCUT2D eigenvalue weighted by Gasteiger charge is 2.22. The molecule has 0 aromatic heterocycles. The van der Waals surface area contributed by atoms with Gasteiger partial charge >= 0.3 is 6.03 Å². The molecular weight excluding hydrogens is 402 g/mol. The Bertz CT molecular complexity index is 891. The fourth-order valence-electron chi connectivity index (χ4n) is 3.10. The lowest BCUT2D eigenvalue weighted by atomic mass is 10.2. The van der Waals surface area contributed by atoms with Gasteiger partial charge in [-0.1, -0.05) is 30.3 Å². The highest BCUT2D eigenvalue weighted by Crippen LogP contribution is 2.30. The van der Waals surface area contributed by atoms with Gasteiger partial charge in [-0.3, -0.25) is 0 Å². The molecule has 0 aliphatic heterocycles. The largest absolute Gasteiger partial charge is 0.493 e. The van der Waals surface area contributed by atoms with Crippen LogP contribution in [-0.4, -0.2) is 31.2 Å². The number of rotatable bonds is 10. The van der Waals surface area contributed by atoms with E-state index in [4.69, 9.17) is 9.73 Å². The summed E-state index contributed by atoms with van der Waals surface area (Å²) in [7, 11) is 0. The van der Waals surface area contributed by atoms with E-state index >= 15 is 0 Å². The Kier molecular flexibility index (Phi) is 8.78. The monoisotopic (exact) mass is 437 g/mol. The van der Waals surface area contributed by atoms with E-state index in [1.54, 1.807) is 0 Å². The SMILES string of the molecule is CCNC(=NCc1ccc(NC(=O)NC(C)C)cc1)NCc1ccccc1OCC1CC1. The maximum Gasteiger partial charge on any atom is 0.319 e. The molecule has 0 atom stereocenters. The Morgan fingerprint density at radius 2 is 1.84 bits per heavy atom. The van der Waals surface area contributed by atoms with Crippen molar-refractivity contribution in [3.05, 3.63) is 59.7 Å². The summed E-state index contributed by atoms with van der Waals surface area (Å²) in [6, 6.07) is 15.8. The van der Waals surface area contributed by atoms with Gasteiger partial charge in [0, 0.05) is 30.4 Å². The summed E-state index contributed by atoms with van der Waals surface area (Å²) in [5.41, 5.74) is 2.93. The van der Waals surface area contributed by atoms with Crippen molar-refractivity contribution in [1.82, 2.24) is 16.0 Å². The first-order chi connectivity index (χ1) is 15.5. The number of para-hydroxylation sites is 1. The summed E-state index contributed by atoms with van der Waals surface area (Å²) in [6.45, 7) is 8.65. The van der Waals surface area contributed by atoms with E-state index in [-0.39, 0.29) is 12.1 Å². The van der Waals surface area contributed by atoms with E-state index in [2.05, 4.69) is 27.3 Å². The van der Waals surface area contributed by atoms with Crippen molar-refractivity contribution in [1.29, 1.82) is 0 Å². The van der Waals surface area contributed by atoms with Gasteiger partial charge in [0.2, 0.25) is 0 Å². The Balaban J connectivity index is 1.54. The van der Waals surface area contributed by atoms with Crippen LogP contribution < -0.4 is 26.0 Å². The third-order valence-electron chi connectivity index (χ3n) is 4.99. The lowest BCUT2D eigenvalue weighted by Crippen LogP contribution is -2.36. The maximum absolute atomic E-state index is 11.8. The number of ether oxygens (including phenoxy) is 1. The van der Waals surface area contributed by atoms with Crippen LogP contribution in [0.15, 0.2) is 53.5 Å². The lowest BCUT2D eigenvalue weighted by Gasteiger charge is -2.15. The standard InChI is InChI=1S/C25H35N5O2/c1-4-26-24(28-16-21-7-5-6-8-23(21)32-17-20-9-10-20)27-15-19-11-13-22(14-12-19)30-25(31)29-18(2)3/h5-8,11-14,18,20H,4,9-10,15-17H2,1-3H3,(H2,26,27,28)(H2,29,30,31). The Labute approximate surface area is 191 Å². The fourth-order valence-corrected chi connectivity index (χ4v) is 3.10. The highest BCUT2D eigenvalue weighted by atomic mass is 16.5. The summed E-state index contributed by atoms with van der Waals surface area (Å²) in [5, 5.41) is 12.3. The predicted octanol–water partition coefficient (Wildman–Crippen LogP) is 4.26. The summed E-state index contributed by atoms with van der Waals surface area (Å²) >= 11 is 0. The first-order valence-corrected chi connectivity index (χ1v) is 11.4. The lowest BCUT2D eigenvalue weighted by molar-refractivity contribution is 0.250. The number of carbonyl (C=O) groups excluding carboxylic acids is 1. The van der Waals surface area contributed by atoms with Crippen LogP contribution in [0.4, 0.5) is 10.5 Å². The second kappa shape index (κ2) is 12.0. The number of anilines is 1. The topological polar surface area (TPSA) is 86.8 Å². The molecule has 7 heteroatoms. The molecule has 0 saturated heterocycles. The molecule has 1 fully saturated rings. The minimum absolute atomic E-state index is 0.0947. The number of urea groups is 1. The molecule has 172 valence electrons. The molecule has 1 aliphatic rings. The van der Waals surface area contributed by atoms with Gasteiger partial charge in [0.05, 0.1) is 13.2 Å². The summed E-state index contributed by atoms with van der Waals surface area (Å²) in [6.07, 6.45) is 2.56. The second-order valence-corrected chi connectivity index (χ2v) is 8.36. The van der Waals surface area contributed by atoms with Crippen LogP contribution in [0.1, 0.15) is 44.7 Å². The normalized spacial score (nSPS) is 13.6. The number of nitrogens with zero attached hydrogens (tertiary/aromatic N) is 1. The summed E-state index contributed by atoms with van der Waals surface area (Å²) in [5.74, 6) is 2.41. The maximum atomic E-state index is 11.8. The third-order valence-corrected chi connectivity index (χ3v) is 4.99. The number of hydrogen-bond donors (Lipinski definition) is 4. The molecule has 2 amide bonds. The first kappa shape index (κ1) is 23.4. The molecule has 0 spiro atoms. The number of carbonyl (C=O) groups is 1. The summed E-state index contributed by atoms with van der Waals surface area (Å²) < 4.78 is 6.01. The molecule has 2 aromatic carbocycles. The number of benzene rings is 2. The van der Waals surface area contributed by atoms with Crippen molar-refractivity contribution in [2.45, 2.75) is 52.7 Å². The number of aliphatic imine (C=N–C) groups is 1. The molecule has 0 radical (unpaired) electrons. The molecule has 1 aliphatic carbocycles. The van der Waals surface area contributed by atoms with Crippen LogP contribution in [0, 0.1) is 5.92 Å². The number of guanidine groups is 1. The zero-order valence-electron chi connectivity index (χ0n) is 19.3. The zero-order valence-corrected chi connectivity index (χ0v) is 19.3. The van der Waals surface area contributed by atoms with E-state index in [0.29, 0.717) is 13.1 Å².